The lowest BCUT2D eigenvalue weighted by atomic mass is 10.2. The molecule has 34 heavy (non-hydrogen) atoms. The number of ether oxygens (including phenoxy) is 1. The number of nitrogens with one attached hydrogen (secondary N) is 2. The average molecular weight is 488 g/mol. The van der Waals surface area contributed by atoms with E-state index in [1.54, 1.807) is 36.4 Å². The number of anilines is 1. The van der Waals surface area contributed by atoms with Crippen molar-refractivity contribution in [2.75, 3.05) is 24.7 Å². The first-order chi connectivity index (χ1) is 16.1. The van der Waals surface area contributed by atoms with Gasteiger partial charge in [0.25, 0.3) is 11.6 Å². The second-order valence-corrected chi connectivity index (χ2v) is 9.35. The largest absolute Gasteiger partial charge is 0.489 e. The molecular formula is C23H22FN3O6S. The van der Waals surface area contributed by atoms with Gasteiger partial charge in [0, 0.05) is 31.0 Å². The normalized spacial score (nSPS) is 11.0. The number of carbonyl (C=O) groups excluding carboxylic acids is 1. The topological polar surface area (TPSA) is 128 Å². The molecule has 2 N–H and O–H groups in total. The Morgan fingerprint density at radius 1 is 1.06 bits per heavy atom. The second-order valence-electron chi connectivity index (χ2n) is 7.33. The lowest BCUT2D eigenvalue weighted by Crippen LogP contribution is -2.28. The van der Waals surface area contributed by atoms with Gasteiger partial charge in [-0.3, -0.25) is 14.9 Å². The molecule has 0 aliphatic carbocycles. The first-order valence-corrected chi connectivity index (χ1v) is 12.0. The number of rotatable bonds is 10. The van der Waals surface area contributed by atoms with Crippen LogP contribution in [0.4, 0.5) is 15.8 Å². The van der Waals surface area contributed by atoms with Crippen molar-refractivity contribution in [3.8, 4) is 5.75 Å². The third-order valence-electron chi connectivity index (χ3n) is 4.74. The number of halogens is 1. The molecule has 0 aromatic heterocycles. The summed E-state index contributed by atoms with van der Waals surface area (Å²) < 4.78 is 41.9. The number of hydrogen-bond acceptors (Lipinski definition) is 7. The van der Waals surface area contributed by atoms with Gasteiger partial charge in [-0.1, -0.05) is 18.2 Å². The summed E-state index contributed by atoms with van der Waals surface area (Å²) in [6.07, 6.45) is 0.970. The van der Waals surface area contributed by atoms with Gasteiger partial charge in [-0.15, -0.1) is 0 Å². The number of nitrogens with zero attached hydrogens (tertiary/aromatic N) is 1. The maximum Gasteiger partial charge on any atom is 0.293 e. The minimum atomic E-state index is -3.58. The quantitative estimate of drug-likeness (QED) is 0.254. The zero-order chi connectivity index (χ0) is 24.7. The van der Waals surface area contributed by atoms with Crippen LogP contribution in [0, 0.1) is 15.9 Å². The molecule has 0 saturated heterocycles. The number of nitro groups is 1. The van der Waals surface area contributed by atoms with Crippen molar-refractivity contribution in [1.29, 1.82) is 0 Å². The van der Waals surface area contributed by atoms with Crippen molar-refractivity contribution in [2.24, 2.45) is 0 Å². The van der Waals surface area contributed by atoms with Gasteiger partial charge in [0.05, 0.1) is 9.82 Å². The predicted molar refractivity (Wildman–Crippen MR) is 124 cm³/mol. The molecule has 0 atom stereocenters. The molecule has 9 nitrogen and oxygen atoms in total. The lowest BCUT2D eigenvalue weighted by Gasteiger charge is -2.11. The molecule has 11 heteroatoms. The highest BCUT2D eigenvalue weighted by Crippen LogP contribution is 2.27. The van der Waals surface area contributed by atoms with Gasteiger partial charge in [-0.2, -0.15) is 0 Å². The van der Waals surface area contributed by atoms with Crippen LogP contribution < -0.4 is 15.4 Å². The summed E-state index contributed by atoms with van der Waals surface area (Å²) in [5, 5.41) is 16.8. The Morgan fingerprint density at radius 3 is 2.47 bits per heavy atom. The zero-order valence-corrected chi connectivity index (χ0v) is 19.0. The molecule has 0 heterocycles. The number of benzene rings is 3. The van der Waals surface area contributed by atoms with Crippen LogP contribution in [-0.4, -0.2) is 38.6 Å². The summed E-state index contributed by atoms with van der Waals surface area (Å²) in [7, 11) is -3.58. The molecular weight excluding hydrogens is 465 g/mol. The van der Waals surface area contributed by atoms with Crippen LogP contribution in [0.2, 0.25) is 0 Å². The minimum Gasteiger partial charge on any atom is -0.489 e. The predicted octanol–water partition coefficient (Wildman–Crippen LogP) is 3.56. The summed E-state index contributed by atoms with van der Waals surface area (Å²) in [6, 6.07) is 16.0. The number of hydrogen-bond donors (Lipinski definition) is 2. The lowest BCUT2D eigenvalue weighted by molar-refractivity contribution is -0.384. The van der Waals surface area contributed by atoms with E-state index in [2.05, 4.69) is 10.6 Å². The smallest absolute Gasteiger partial charge is 0.293 e. The SMILES string of the molecule is CS(=O)(=O)c1ccc(NCCNC(=O)c2cccc(OCc3ccc(F)cc3)c2)c([N+](=O)[O-])c1. The van der Waals surface area contributed by atoms with Crippen LogP contribution >= 0.6 is 0 Å². The molecule has 0 aliphatic rings. The number of nitro benzene ring substituents is 1. The molecule has 3 rings (SSSR count). The average Bonchev–Trinajstić information content (AvgIpc) is 2.80. The minimum absolute atomic E-state index is 0.142. The maximum atomic E-state index is 13.0. The Balaban J connectivity index is 1.54. The summed E-state index contributed by atoms with van der Waals surface area (Å²) in [5.74, 6) is -0.231. The third kappa shape index (κ3) is 6.75. The molecule has 0 radical (unpaired) electrons. The fourth-order valence-corrected chi connectivity index (χ4v) is 3.63. The molecule has 1 amide bonds. The number of carbonyl (C=O) groups is 1. The van der Waals surface area contributed by atoms with E-state index in [1.165, 1.54) is 24.3 Å². The maximum absolute atomic E-state index is 13.0. The van der Waals surface area contributed by atoms with E-state index in [9.17, 15) is 27.7 Å². The Morgan fingerprint density at radius 2 is 1.79 bits per heavy atom. The standard InChI is InChI=1S/C23H22FN3O6S/c1-34(31,32)20-9-10-21(22(14-20)27(29)30)25-11-12-26-23(28)17-3-2-4-19(13-17)33-15-16-5-7-18(24)8-6-16/h2-10,13-14,25H,11-12,15H2,1H3,(H,26,28). The van der Waals surface area contributed by atoms with Gasteiger partial charge in [0.1, 0.15) is 23.9 Å². The van der Waals surface area contributed by atoms with E-state index in [0.29, 0.717) is 11.3 Å². The fraction of sp³-hybridized carbons (Fsp3) is 0.174. The van der Waals surface area contributed by atoms with Crippen molar-refractivity contribution in [3.63, 3.8) is 0 Å². The Bertz CT molecular complexity index is 1300. The van der Waals surface area contributed by atoms with Gasteiger partial charge < -0.3 is 15.4 Å². The Labute approximate surface area is 195 Å². The van der Waals surface area contributed by atoms with E-state index in [0.717, 1.165) is 17.9 Å². The van der Waals surface area contributed by atoms with Crippen LogP contribution in [-0.2, 0) is 16.4 Å². The Kier molecular flexibility index (Phi) is 7.79. The van der Waals surface area contributed by atoms with Crippen molar-refractivity contribution < 1.29 is 27.3 Å². The molecule has 0 unspecified atom stereocenters. The van der Waals surface area contributed by atoms with Crippen LogP contribution in [0.5, 0.6) is 5.75 Å². The zero-order valence-electron chi connectivity index (χ0n) is 18.2. The summed E-state index contributed by atoms with van der Waals surface area (Å²) in [5.41, 5.74) is 0.907. The summed E-state index contributed by atoms with van der Waals surface area (Å²) in [4.78, 5) is 22.9. The third-order valence-corrected chi connectivity index (χ3v) is 5.85. The van der Waals surface area contributed by atoms with E-state index < -0.39 is 14.8 Å². The number of sulfone groups is 1. The fourth-order valence-electron chi connectivity index (χ4n) is 2.99. The molecule has 3 aromatic carbocycles. The van der Waals surface area contributed by atoms with Crippen molar-refractivity contribution >= 4 is 27.1 Å². The van der Waals surface area contributed by atoms with E-state index in [-0.39, 0.29) is 47.7 Å². The van der Waals surface area contributed by atoms with Gasteiger partial charge in [-0.25, -0.2) is 12.8 Å². The molecule has 0 spiro atoms. The van der Waals surface area contributed by atoms with E-state index >= 15 is 0 Å². The molecule has 0 aliphatic heterocycles. The van der Waals surface area contributed by atoms with E-state index in [4.69, 9.17) is 4.74 Å². The molecule has 0 saturated carbocycles. The molecule has 0 fully saturated rings. The summed E-state index contributed by atoms with van der Waals surface area (Å²) in [6.45, 7) is 0.544. The first-order valence-electron chi connectivity index (χ1n) is 10.1. The monoisotopic (exact) mass is 487 g/mol. The highest BCUT2D eigenvalue weighted by molar-refractivity contribution is 7.90. The Hall–Kier alpha value is -3.99. The van der Waals surface area contributed by atoms with E-state index in [1.807, 2.05) is 0 Å². The van der Waals surface area contributed by atoms with Crippen LogP contribution in [0.1, 0.15) is 15.9 Å². The second kappa shape index (κ2) is 10.8. The van der Waals surface area contributed by atoms with Crippen LogP contribution in [0.15, 0.2) is 71.6 Å². The van der Waals surface area contributed by atoms with Crippen molar-refractivity contribution in [1.82, 2.24) is 5.32 Å². The first kappa shape index (κ1) is 24.6. The highest BCUT2D eigenvalue weighted by atomic mass is 32.2. The van der Waals surface area contributed by atoms with Crippen molar-refractivity contribution in [3.05, 3.63) is 93.8 Å². The molecule has 178 valence electrons. The van der Waals surface area contributed by atoms with Gasteiger partial charge in [0.15, 0.2) is 9.84 Å². The van der Waals surface area contributed by atoms with Crippen molar-refractivity contribution in [2.45, 2.75) is 11.5 Å². The molecule has 0 bridgehead atoms. The molecule has 3 aromatic rings. The van der Waals surface area contributed by atoms with Crippen LogP contribution in [0.3, 0.4) is 0 Å². The van der Waals surface area contributed by atoms with Gasteiger partial charge >= 0.3 is 0 Å². The summed E-state index contributed by atoms with van der Waals surface area (Å²) >= 11 is 0. The highest BCUT2D eigenvalue weighted by Gasteiger charge is 2.18. The van der Waals surface area contributed by atoms with Gasteiger partial charge in [0.2, 0.25) is 0 Å². The van der Waals surface area contributed by atoms with Gasteiger partial charge in [-0.05, 0) is 48.0 Å². The van der Waals surface area contributed by atoms with Crippen LogP contribution in [0.25, 0.3) is 0 Å². The number of amides is 1.